The third kappa shape index (κ3) is 5.67. The molecule has 1 saturated heterocycles. The highest BCUT2D eigenvalue weighted by atomic mass is 16.6. The Labute approximate surface area is 191 Å². The van der Waals surface area contributed by atoms with Gasteiger partial charge in [-0.3, -0.25) is 0 Å². The zero-order valence-electron chi connectivity index (χ0n) is 19.4. The van der Waals surface area contributed by atoms with Crippen LogP contribution in [0.4, 0.5) is 16.2 Å². The van der Waals surface area contributed by atoms with Gasteiger partial charge >= 0.3 is 6.09 Å². The third-order valence-electron chi connectivity index (χ3n) is 5.82. The Kier molecular flexibility index (Phi) is 6.49. The van der Waals surface area contributed by atoms with Crippen molar-refractivity contribution in [3.63, 3.8) is 0 Å². The summed E-state index contributed by atoms with van der Waals surface area (Å²) in [4.78, 5) is 14.5. The molecule has 1 aliphatic carbocycles. The fraction of sp³-hybridized carbons (Fsp3) is 0.500. The van der Waals surface area contributed by atoms with E-state index in [-0.39, 0.29) is 6.09 Å². The molecule has 1 heterocycles. The number of benzene rings is 2. The summed E-state index contributed by atoms with van der Waals surface area (Å²) in [7, 11) is 0. The van der Waals surface area contributed by atoms with E-state index in [4.69, 9.17) is 15.2 Å². The second kappa shape index (κ2) is 9.31. The first kappa shape index (κ1) is 22.3. The van der Waals surface area contributed by atoms with E-state index in [2.05, 4.69) is 22.3 Å². The van der Waals surface area contributed by atoms with Gasteiger partial charge in [-0.15, -0.1) is 0 Å². The molecule has 2 aromatic carbocycles. The number of nitrogens with two attached hydrogens (primary N) is 1. The number of hydrogen-bond acceptors (Lipinski definition) is 5. The van der Waals surface area contributed by atoms with Gasteiger partial charge in [-0.1, -0.05) is 30.3 Å². The number of anilines is 2. The summed E-state index contributed by atoms with van der Waals surface area (Å²) in [5.74, 6) is 1.23. The number of hydrogen-bond donors (Lipinski definition) is 2. The van der Waals surface area contributed by atoms with Crippen LogP contribution in [-0.2, 0) is 4.74 Å². The van der Waals surface area contributed by atoms with Crippen molar-refractivity contribution < 1.29 is 14.3 Å². The van der Waals surface area contributed by atoms with Gasteiger partial charge in [0, 0.05) is 25.2 Å². The summed E-state index contributed by atoms with van der Waals surface area (Å²) in [6.07, 6.45) is 4.26. The number of ether oxygens (including phenoxy) is 2. The maximum absolute atomic E-state index is 12.1. The predicted molar refractivity (Wildman–Crippen MR) is 129 cm³/mol. The standard InChI is InChI=1S/C26H35N3O3/c1-26(2,3)32-25(30)28-16-18-8-7-15-29(17-18)24-21(27)13-14-22(31-20-11-12-20)23(24)19-9-5-4-6-10-19/h4-6,9-10,13-14,18,20H,7-8,11-12,15-17,27H2,1-3H3,(H,28,30)/t18-/m0/s1. The van der Waals surface area contributed by atoms with Gasteiger partial charge in [-0.25, -0.2) is 4.79 Å². The van der Waals surface area contributed by atoms with Crippen molar-refractivity contribution in [2.45, 2.75) is 58.2 Å². The Balaban J connectivity index is 1.56. The first-order chi connectivity index (χ1) is 15.3. The van der Waals surface area contributed by atoms with Crippen LogP contribution in [0.1, 0.15) is 46.5 Å². The summed E-state index contributed by atoms with van der Waals surface area (Å²) in [6.45, 7) is 7.97. The van der Waals surface area contributed by atoms with E-state index in [1.165, 1.54) is 0 Å². The summed E-state index contributed by atoms with van der Waals surface area (Å²) in [6, 6.07) is 14.3. The molecular weight excluding hydrogens is 402 g/mol. The van der Waals surface area contributed by atoms with E-state index >= 15 is 0 Å². The zero-order chi connectivity index (χ0) is 22.7. The summed E-state index contributed by atoms with van der Waals surface area (Å²) in [5, 5.41) is 2.94. The molecule has 6 heteroatoms. The second-order valence-corrected chi connectivity index (χ2v) is 9.90. The molecule has 0 spiro atoms. The number of amides is 1. The summed E-state index contributed by atoms with van der Waals surface area (Å²) >= 11 is 0. The molecule has 6 nitrogen and oxygen atoms in total. The predicted octanol–water partition coefficient (Wildman–Crippen LogP) is 5.22. The van der Waals surface area contributed by atoms with E-state index in [9.17, 15) is 4.79 Å². The van der Waals surface area contributed by atoms with Gasteiger partial charge in [0.2, 0.25) is 0 Å². The molecule has 2 fully saturated rings. The topological polar surface area (TPSA) is 76.8 Å². The number of nitrogens with one attached hydrogen (secondary N) is 1. The van der Waals surface area contributed by atoms with Gasteiger partial charge in [0.05, 0.1) is 17.5 Å². The maximum atomic E-state index is 12.1. The van der Waals surface area contributed by atoms with Crippen LogP contribution in [0.5, 0.6) is 5.75 Å². The number of carbonyl (C=O) groups excluding carboxylic acids is 1. The molecule has 32 heavy (non-hydrogen) atoms. The minimum atomic E-state index is -0.496. The second-order valence-electron chi connectivity index (χ2n) is 9.90. The van der Waals surface area contributed by atoms with Gasteiger partial charge in [0.15, 0.2) is 0 Å². The Bertz CT molecular complexity index is 935. The minimum Gasteiger partial charge on any atom is -0.490 e. The number of alkyl carbamates (subject to hydrolysis) is 1. The zero-order valence-corrected chi connectivity index (χ0v) is 19.4. The van der Waals surface area contributed by atoms with Crippen molar-refractivity contribution in [1.29, 1.82) is 0 Å². The molecule has 2 aromatic rings. The molecule has 4 rings (SSSR count). The smallest absolute Gasteiger partial charge is 0.407 e. The summed E-state index contributed by atoms with van der Waals surface area (Å²) in [5.41, 5.74) is 10.0. The van der Waals surface area contributed by atoms with Crippen LogP contribution < -0.4 is 20.7 Å². The van der Waals surface area contributed by atoms with Gasteiger partial charge in [0.1, 0.15) is 11.4 Å². The average Bonchev–Trinajstić information content (AvgIpc) is 3.57. The Hall–Kier alpha value is -2.89. The number of carbonyl (C=O) groups is 1. The largest absolute Gasteiger partial charge is 0.490 e. The Morgan fingerprint density at radius 1 is 1.12 bits per heavy atom. The van der Waals surface area contributed by atoms with Gasteiger partial charge < -0.3 is 25.4 Å². The number of rotatable bonds is 6. The molecule has 0 unspecified atom stereocenters. The molecule has 3 N–H and O–H groups in total. The number of nitrogen functional groups attached to an aromatic ring is 1. The molecule has 0 aromatic heterocycles. The first-order valence-corrected chi connectivity index (χ1v) is 11.7. The van der Waals surface area contributed by atoms with Crippen LogP contribution in [0.15, 0.2) is 42.5 Å². The third-order valence-corrected chi connectivity index (χ3v) is 5.82. The van der Waals surface area contributed by atoms with E-state index < -0.39 is 5.60 Å². The molecule has 1 saturated carbocycles. The molecule has 0 radical (unpaired) electrons. The molecular formula is C26H35N3O3. The number of nitrogens with zero attached hydrogens (tertiary/aromatic N) is 1. The van der Waals surface area contributed by atoms with Crippen LogP contribution in [0.25, 0.3) is 11.1 Å². The normalized spacial score (nSPS) is 18.8. The van der Waals surface area contributed by atoms with Crippen LogP contribution in [-0.4, -0.2) is 37.4 Å². The first-order valence-electron chi connectivity index (χ1n) is 11.7. The van der Waals surface area contributed by atoms with E-state index in [0.717, 1.165) is 67.0 Å². The van der Waals surface area contributed by atoms with E-state index in [1.54, 1.807) is 0 Å². The van der Waals surface area contributed by atoms with Gasteiger partial charge in [0.25, 0.3) is 0 Å². The quantitative estimate of drug-likeness (QED) is 0.606. The van der Waals surface area contributed by atoms with Crippen LogP contribution in [0.3, 0.4) is 0 Å². The summed E-state index contributed by atoms with van der Waals surface area (Å²) < 4.78 is 11.7. The lowest BCUT2D eigenvalue weighted by atomic mass is 9.94. The van der Waals surface area contributed by atoms with E-state index in [0.29, 0.717) is 18.6 Å². The Morgan fingerprint density at radius 3 is 2.56 bits per heavy atom. The van der Waals surface area contributed by atoms with Gasteiger partial charge in [-0.05, 0) is 70.1 Å². The molecule has 0 bridgehead atoms. The van der Waals surface area contributed by atoms with Crippen LogP contribution in [0, 0.1) is 5.92 Å². The van der Waals surface area contributed by atoms with E-state index in [1.807, 2.05) is 51.1 Å². The average molecular weight is 438 g/mol. The van der Waals surface area contributed by atoms with Crippen molar-refractivity contribution in [3.8, 4) is 16.9 Å². The van der Waals surface area contributed by atoms with Crippen molar-refractivity contribution >= 4 is 17.5 Å². The van der Waals surface area contributed by atoms with Crippen molar-refractivity contribution in [2.75, 3.05) is 30.3 Å². The number of piperidine rings is 1. The highest BCUT2D eigenvalue weighted by molar-refractivity contribution is 5.91. The molecule has 1 atom stereocenters. The lowest BCUT2D eigenvalue weighted by Crippen LogP contribution is -2.42. The fourth-order valence-electron chi connectivity index (χ4n) is 4.25. The highest BCUT2D eigenvalue weighted by Gasteiger charge is 2.29. The lowest BCUT2D eigenvalue weighted by Gasteiger charge is -2.37. The van der Waals surface area contributed by atoms with Crippen molar-refractivity contribution in [1.82, 2.24) is 5.32 Å². The fourth-order valence-corrected chi connectivity index (χ4v) is 4.25. The lowest BCUT2D eigenvalue weighted by molar-refractivity contribution is 0.0517. The van der Waals surface area contributed by atoms with Crippen molar-refractivity contribution in [2.24, 2.45) is 5.92 Å². The minimum absolute atomic E-state index is 0.307. The Morgan fingerprint density at radius 2 is 1.88 bits per heavy atom. The molecule has 2 aliphatic rings. The molecule has 1 aliphatic heterocycles. The SMILES string of the molecule is CC(C)(C)OC(=O)NC[C@@H]1CCCN(c2c(N)ccc(OC3CC3)c2-c2ccccc2)C1. The van der Waals surface area contributed by atoms with Gasteiger partial charge in [-0.2, -0.15) is 0 Å². The maximum Gasteiger partial charge on any atom is 0.407 e. The molecule has 1 amide bonds. The molecule has 172 valence electrons. The monoisotopic (exact) mass is 437 g/mol. The van der Waals surface area contributed by atoms with Crippen molar-refractivity contribution in [3.05, 3.63) is 42.5 Å². The van der Waals surface area contributed by atoms with Crippen LogP contribution >= 0.6 is 0 Å². The highest BCUT2D eigenvalue weighted by Crippen LogP contribution is 2.45. The van der Waals surface area contributed by atoms with Crippen LogP contribution in [0.2, 0.25) is 0 Å².